The predicted octanol–water partition coefficient (Wildman–Crippen LogP) is 2.15. The second-order valence-electron chi connectivity index (χ2n) is 5.68. The molecule has 1 aliphatic rings. The second-order valence-corrected chi connectivity index (χ2v) is 7.36. The summed E-state index contributed by atoms with van der Waals surface area (Å²) in [6.07, 6.45) is 3.62. The lowest BCUT2D eigenvalue weighted by Gasteiger charge is -2.09. The van der Waals surface area contributed by atoms with Crippen molar-refractivity contribution in [2.75, 3.05) is 4.72 Å². The Morgan fingerprint density at radius 3 is 2.71 bits per heavy atom. The maximum atomic E-state index is 12.5. The maximum Gasteiger partial charge on any atom is 0.263 e. The molecule has 1 saturated carbocycles. The van der Waals surface area contributed by atoms with Gasteiger partial charge in [-0.3, -0.25) is 9.40 Å². The van der Waals surface area contributed by atoms with Crippen LogP contribution in [0.2, 0.25) is 0 Å². The number of anilines is 1. The molecule has 0 aliphatic heterocycles. The number of rotatable bonds is 5. The molecular formula is C15H15N5O3S. The maximum absolute atomic E-state index is 12.5. The van der Waals surface area contributed by atoms with Crippen molar-refractivity contribution >= 4 is 15.8 Å². The predicted molar refractivity (Wildman–Crippen MR) is 85.7 cm³/mol. The number of benzene rings is 1. The quantitative estimate of drug-likeness (QED) is 0.760. The van der Waals surface area contributed by atoms with Gasteiger partial charge in [0.25, 0.3) is 15.9 Å². The molecule has 2 heterocycles. The summed E-state index contributed by atoms with van der Waals surface area (Å²) >= 11 is 0. The van der Waals surface area contributed by atoms with E-state index in [-0.39, 0.29) is 16.6 Å². The average molecular weight is 345 g/mol. The summed E-state index contributed by atoms with van der Waals surface area (Å²) in [5.41, 5.74) is 0.455. The Morgan fingerprint density at radius 1 is 1.25 bits per heavy atom. The van der Waals surface area contributed by atoms with Gasteiger partial charge in [-0.2, -0.15) is 10.1 Å². The van der Waals surface area contributed by atoms with E-state index in [0.29, 0.717) is 17.3 Å². The molecule has 8 nitrogen and oxygen atoms in total. The molecule has 0 bridgehead atoms. The molecule has 0 unspecified atom stereocenters. The lowest BCUT2D eigenvalue weighted by Crippen LogP contribution is -2.16. The van der Waals surface area contributed by atoms with E-state index >= 15 is 0 Å². The van der Waals surface area contributed by atoms with E-state index in [4.69, 9.17) is 4.52 Å². The van der Waals surface area contributed by atoms with Crippen LogP contribution < -0.4 is 4.72 Å². The summed E-state index contributed by atoms with van der Waals surface area (Å²) in [5.74, 6) is 1.55. The molecule has 24 heavy (non-hydrogen) atoms. The van der Waals surface area contributed by atoms with E-state index in [1.165, 1.54) is 23.0 Å². The molecule has 0 saturated heterocycles. The zero-order valence-corrected chi connectivity index (χ0v) is 13.7. The number of nitrogens with one attached hydrogen (secondary N) is 1. The molecule has 2 aromatic heterocycles. The number of sulfonamides is 1. The van der Waals surface area contributed by atoms with Gasteiger partial charge in [0.15, 0.2) is 11.6 Å². The molecule has 0 amide bonds. The van der Waals surface area contributed by atoms with Gasteiger partial charge < -0.3 is 4.52 Å². The molecule has 9 heteroatoms. The van der Waals surface area contributed by atoms with Gasteiger partial charge in [-0.1, -0.05) is 23.4 Å². The average Bonchev–Trinajstić information content (AvgIpc) is 3.22. The monoisotopic (exact) mass is 345 g/mol. The zero-order valence-electron chi connectivity index (χ0n) is 12.9. The molecule has 0 atom stereocenters. The Hall–Kier alpha value is -2.68. The number of aromatic nitrogens is 4. The van der Waals surface area contributed by atoms with E-state index in [2.05, 4.69) is 20.0 Å². The summed E-state index contributed by atoms with van der Waals surface area (Å²) in [6, 6.07) is 8.14. The molecular weight excluding hydrogens is 330 g/mol. The molecule has 3 aromatic rings. The molecule has 0 radical (unpaired) electrons. The summed E-state index contributed by atoms with van der Waals surface area (Å²) in [6.45, 7) is 0. The standard InChI is InChI=1S/C15H15N5O3S/c1-20-14(19-24(21,22)11-5-3-2-4-6-11)12(9-16-20)15-17-13(18-23-15)10-7-8-10/h2-6,9-10,19H,7-8H2,1H3. The fourth-order valence-electron chi connectivity index (χ4n) is 2.35. The van der Waals surface area contributed by atoms with E-state index in [1.54, 1.807) is 25.2 Å². The number of nitrogens with zero attached hydrogens (tertiary/aromatic N) is 4. The first-order chi connectivity index (χ1) is 11.5. The van der Waals surface area contributed by atoms with E-state index in [9.17, 15) is 8.42 Å². The van der Waals surface area contributed by atoms with E-state index in [0.717, 1.165) is 12.8 Å². The number of hydrogen-bond acceptors (Lipinski definition) is 6. The van der Waals surface area contributed by atoms with Gasteiger partial charge in [0, 0.05) is 13.0 Å². The molecule has 1 N–H and O–H groups in total. The van der Waals surface area contributed by atoms with Gasteiger partial charge in [-0.15, -0.1) is 0 Å². The fourth-order valence-corrected chi connectivity index (χ4v) is 3.48. The third-order valence-corrected chi connectivity index (χ3v) is 5.19. The van der Waals surface area contributed by atoms with Crippen LogP contribution in [-0.2, 0) is 17.1 Å². The van der Waals surface area contributed by atoms with Crippen molar-refractivity contribution in [2.24, 2.45) is 7.05 Å². The zero-order chi connectivity index (χ0) is 16.7. The Labute approximate surface area is 138 Å². The van der Waals surface area contributed by atoms with Crippen molar-refractivity contribution in [3.63, 3.8) is 0 Å². The van der Waals surface area contributed by atoms with Crippen LogP contribution >= 0.6 is 0 Å². The molecule has 124 valence electrons. The number of hydrogen-bond donors (Lipinski definition) is 1. The van der Waals surface area contributed by atoms with Crippen molar-refractivity contribution in [3.8, 4) is 11.5 Å². The highest BCUT2D eigenvalue weighted by atomic mass is 32.2. The lowest BCUT2D eigenvalue weighted by molar-refractivity contribution is 0.423. The third-order valence-electron chi connectivity index (χ3n) is 3.84. The Balaban J connectivity index is 1.69. The SMILES string of the molecule is Cn1ncc(-c2nc(C3CC3)no2)c1NS(=O)(=O)c1ccccc1. The van der Waals surface area contributed by atoms with Crippen LogP contribution in [0.5, 0.6) is 0 Å². The van der Waals surface area contributed by atoms with Gasteiger partial charge in [-0.25, -0.2) is 8.42 Å². The highest BCUT2D eigenvalue weighted by Crippen LogP contribution is 2.39. The van der Waals surface area contributed by atoms with Crippen LogP contribution in [0.1, 0.15) is 24.6 Å². The summed E-state index contributed by atoms with van der Waals surface area (Å²) in [7, 11) is -2.09. The first-order valence-electron chi connectivity index (χ1n) is 7.48. The highest BCUT2D eigenvalue weighted by Gasteiger charge is 2.30. The Kier molecular flexibility index (Phi) is 3.38. The first kappa shape index (κ1) is 14.9. The third kappa shape index (κ3) is 2.67. The van der Waals surface area contributed by atoms with E-state index in [1.807, 2.05) is 0 Å². The topological polar surface area (TPSA) is 103 Å². The van der Waals surface area contributed by atoms with Crippen LogP contribution in [0.3, 0.4) is 0 Å². The first-order valence-corrected chi connectivity index (χ1v) is 8.97. The number of aryl methyl sites for hydroxylation is 1. The highest BCUT2D eigenvalue weighted by molar-refractivity contribution is 7.92. The Morgan fingerprint density at radius 2 is 2.00 bits per heavy atom. The molecule has 4 rings (SSSR count). The van der Waals surface area contributed by atoms with Crippen LogP contribution in [-0.4, -0.2) is 28.3 Å². The second kappa shape index (κ2) is 5.45. The van der Waals surface area contributed by atoms with Gasteiger partial charge in [0.1, 0.15) is 5.56 Å². The molecule has 1 aliphatic carbocycles. The van der Waals surface area contributed by atoms with E-state index < -0.39 is 10.0 Å². The van der Waals surface area contributed by atoms with Crippen LogP contribution in [0.15, 0.2) is 45.9 Å². The van der Waals surface area contributed by atoms with Crippen molar-refractivity contribution in [1.29, 1.82) is 0 Å². The minimum absolute atomic E-state index is 0.168. The van der Waals surface area contributed by atoms with Crippen molar-refractivity contribution in [1.82, 2.24) is 19.9 Å². The van der Waals surface area contributed by atoms with Crippen molar-refractivity contribution in [3.05, 3.63) is 42.4 Å². The minimum atomic E-state index is -3.73. The van der Waals surface area contributed by atoms with Gasteiger partial charge in [-0.05, 0) is 25.0 Å². The summed E-state index contributed by atoms with van der Waals surface area (Å²) in [5, 5.41) is 8.06. The van der Waals surface area contributed by atoms with Crippen LogP contribution in [0.25, 0.3) is 11.5 Å². The summed E-state index contributed by atoms with van der Waals surface area (Å²) < 4.78 is 34.3. The van der Waals surface area contributed by atoms with Gasteiger partial charge in [0.2, 0.25) is 0 Å². The van der Waals surface area contributed by atoms with Gasteiger partial charge in [0.05, 0.1) is 11.1 Å². The largest absolute Gasteiger partial charge is 0.334 e. The van der Waals surface area contributed by atoms with Crippen molar-refractivity contribution < 1.29 is 12.9 Å². The summed E-state index contributed by atoms with van der Waals surface area (Å²) in [4.78, 5) is 4.52. The molecule has 1 fully saturated rings. The lowest BCUT2D eigenvalue weighted by atomic mass is 10.3. The smallest absolute Gasteiger partial charge is 0.263 e. The Bertz CT molecular complexity index is 974. The molecule has 1 aromatic carbocycles. The van der Waals surface area contributed by atoms with Crippen LogP contribution in [0.4, 0.5) is 5.82 Å². The van der Waals surface area contributed by atoms with Crippen LogP contribution in [0, 0.1) is 0 Å². The molecule has 0 spiro atoms. The van der Waals surface area contributed by atoms with Crippen molar-refractivity contribution in [2.45, 2.75) is 23.7 Å². The minimum Gasteiger partial charge on any atom is -0.334 e. The fraction of sp³-hybridized carbons (Fsp3) is 0.267. The normalized spacial score (nSPS) is 14.7. The van der Waals surface area contributed by atoms with Gasteiger partial charge >= 0.3 is 0 Å².